The minimum absolute atomic E-state index is 0.0258. The first kappa shape index (κ1) is 54.6. The Balaban J connectivity index is -0.000000700. The number of aldehydes is 1. The standard InChI is InChI=1S/C12H24O11.C6H14O6.C6H12O6.C2H5NO2/c13-1-3(15)5(16)7(18)9(20)11(22)12-10(21)8(19)6(17)4(2-14)23-12;2*7-1-3(9)5(11)6(12)4(10)2-8;3-1-2(4)5/h3-22H,1-2H2;3-12H,1-2H2;1,3-6,8-12H,2H2;1,3H2,(H,4,5)/t3?,4-,5?,6-,7?,8+,9?,10-,11?,12?;;;/m1.../s1. The third kappa shape index (κ3) is 18.5. The Bertz CT molecular complexity index is 894. The zero-order valence-corrected chi connectivity index (χ0v) is 27.4. The van der Waals surface area contributed by atoms with Crippen LogP contribution >= 0.6 is 0 Å². The summed E-state index contributed by atoms with van der Waals surface area (Å²) < 4.78 is 5.01. The van der Waals surface area contributed by atoms with Gasteiger partial charge in [-0.05, 0) is 0 Å². The molecule has 0 spiro atoms. The maximum atomic E-state index is 9.98. The van der Waals surface area contributed by atoms with Gasteiger partial charge >= 0.3 is 5.97 Å². The van der Waals surface area contributed by atoms with Crippen LogP contribution in [0.2, 0.25) is 0 Å². The monoisotopic (exact) mass is 781 g/mol. The quantitative estimate of drug-likeness (QED) is 0.0574. The zero-order valence-electron chi connectivity index (χ0n) is 27.4. The van der Waals surface area contributed by atoms with Gasteiger partial charge in [-0.25, -0.2) is 0 Å². The summed E-state index contributed by atoms with van der Waals surface area (Å²) in [5.74, 6) is -0.968. The molecule has 314 valence electrons. The Morgan fingerprint density at radius 2 is 0.885 bits per heavy atom. The van der Waals surface area contributed by atoms with Crippen LogP contribution in [0.25, 0.3) is 0 Å². The first-order chi connectivity index (χ1) is 24.0. The van der Waals surface area contributed by atoms with Crippen molar-refractivity contribution in [1.29, 1.82) is 0 Å². The van der Waals surface area contributed by atoms with E-state index in [9.17, 15) is 50.4 Å². The summed E-state index contributed by atoms with van der Waals surface area (Å²) in [7, 11) is 0. The van der Waals surface area contributed by atoms with E-state index in [1.54, 1.807) is 0 Å². The Hall–Kier alpha value is -1.78. The molecular weight excluding hydrogens is 726 g/mol. The summed E-state index contributed by atoms with van der Waals surface area (Å²) in [6, 6.07) is 0. The normalized spacial score (nSPS) is 27.6. The molecule has 52 heavy (non-hydrogen) atoms. The third-order valence-electron chi connectivity index (χ3n) is 7.00. The predicted molar refractivity (Wildman–Crippen MR) is 163 cm³/mol. The second kappa shape index (κ2) is 28.6. The minimum Gasteiger partial charge on any atom is -0.480 e. The number of carbonyl (C=O) groups excluding carboxylic acids is 1. The molecule has 0 aromatic heterocycles. The molecule has 1 rings (SSSR count). The van der Waals surface area contributed by atoms with Gasteiger partial charge in [0.25, 0.3) is 0 Å². The minimum atomic E-state index is -2.13. The van der Waals surface area contributed by atoms with Gasteiger partial charge in [-0.3, -0.25) is 4.79 Å². The van der Waals surface area contributed by atoms with Crippen molar-refractivity contribution >= 4 is 12.3 Å². The van der Waals surface area contributed by atoms with Crippen molar-refractivity contribution in [3.8, 4) is 0 Å². The van der Waals surface area contributed by atoms with E-state index in [4.69, 9.17) is 76.2 Å². The summed E-state index contributed by atoms with van der Waals surface area (Å²) in [5.41, 5.74) is 4.57. The number of carbonyl (C=O) groups is 2. The lowest BCUT2D eigenvalue weighted by Gasteiger charge is -2.43. The second-order valence-electron chi connectivity index (χ2n) is 10.9. The van der Waals surface area contributed by atoms with E-state index in [-0.39, 0.29) is 12.8 Å². The first-order valence-corrected chi connectivity index (χ1v) is 15.0. The van der Waals surface area contributed by atoms with Crippen molar-refractivity contribution in [1.82, 2.24) is 0 Å². The molecule has 1 aliphatic heterocycles. The largest absolute Gasteiger partial charge is 0.480 e. The molecule has 26 heteroatoms. The highest BCUT2D eigenvalue weighted by Gasteiger charge is 2.49. The van der Waals surface area contributed by atoms with Gasteiger partial charge in [0.15, 0.2) is 6.29 Å². The van der Waals surface area contributed by atoms with Crippen molar-refractivity contribution in [2.45, 2.75) is 110 Å². The molecule has 0 aromatic carbocycles. The van der Waals surface area contributed by atoms with E-state index in [1.807, 2.05) is 0 Å². The number of aliphatic hydroxyl groups excluding tert-OH is 21. The number of rotatable bonds is 18. The third-order valence-corrected chi connectivity index (χ3v) is 7.00. The van der Waals surface area contributed by atoms with Gasteiger partial charge in [0.2, 0.25) is 0 Å². The maximum absolute atomic E-state index is 9.98. The van der Waals surface area contributed by atoms with E-state index >= 15 is 0 Å². The van der Waals surface area contributed by atoms with Crippen molar-refractivity contribution in [3.63, 3.8) is 0 Å². The van der Waals surface area contributed by atoms with Crippen LogP contribution in [0, 0.1) is 0 Å². The van der Waals surface area contributed by atoms with Crippen LogP contribution in [-0.2, 0) is 14.3 Å². The van der Waals surface area contributed by atoms with E-state index in [0.717, 1.165) is 0 Å². The Morgan fingerprint density at radius 3 is 1.17 bits per heavy atom. The summed E-state index contributed by atoms with van der Waals surface area (Å²) in [6.07, 6.45) is -31.7. The summed E-state index contributed by atoms with van der Waals surface area (Å²) in [6.45, 7) is -4.16. The summed E-state index contributed by atoms with van der Waals surface area (Å²) in [4.78, 5) is 19.1. The topological polar surface area (TPSA) is 514 Å². The molecule has 18 atom stereocenters. The number of aliphatic carboxylic acids is 1. The molecule has 0 bridgehead atoms. The molecular formula is C26H55NO25. The zero-order chi connectivity index (χ0) is 41.6. The molecule has 1 fully saturated rings. The lowest BCUT2D eigenvalue weighted by Crippen LogP contribution is -2.64. The van der Waals surface area contributed by atoms with Gasteiger partial charge in [0.05, 0.1) is 39.6 Å². The summed E-state index contributed by atoms with van der Waals surface area (Å²) in [5, 5.41) is 198. The van der Waals surface area contributed by atoms with Crippen LogP contribution in [-0.4, -0.2) is 274 Å². The van der Waals surface area contributed by atoms with Crippen LogP contribution in [0.4, 0.5) is 0 Å². The molecule has 1 aliphatic rings. The molecule has 0 saturated carbocycles. The fraction of sp³-hybridized carbons (Fsp3) is 0.923. The molecule has 1 saturated heterocycles. The number of nitrogens with two attached hydrogens (primary N) is 1. The van der Waals surface area contributed by atoms with Gasteiger partial charge in [0, 0.05) is 0 Å². The highest BCUT2D eigenvalue weighted by atomic mass is 16.6. The first-order valence-electron chi connectivity index (χ1n) is 15.0. The number of hydrogen-bond donors (Lipinski definition) is 23. The molecule has 26 nitrogen and oxygen atoms in total. The van der Waals surface area contributed by atoms with Crippen molar-refractivity contribution in [2.75, 3.05) is 39.6 Å². The second-order valence-corrected chi connectivity index (χ2v) is 10.9. The Labute approximate surface area is 294 Å². The maximum Gasteiger partial charge on any atom is 0.317 e. The number of carboxylic acids is 1. The van der Waals surface area contributed by atoms with E-state index in [0.29, 0.717) is 0 Å². The fourth-order valence-electron chi connectivity index (χ4n) is 3.64. The highest BCUT2D eigenvalue weighted by Crippen LogP contribution is 2.25. The molecule has 24 N–H and O–H groups in total. The number of hydrogen-bond acceptors (Lipinski definition) is 25. The molecule has 0 amide bonds. The van der Waals surface area contributed by atoms with E-state index < -0.39 is 149 Å². The predicted octanol–water partition coefficient (Wildman–Crippen LogP) is -14.3. The number of ether oxygens (including phenoxy) is 1. The smallest absolute Gasteiger partial charge is 0.317 e. The molecule has 14 unspecified atom stereocenters. The van der Waals surface area contributed by atoms with E-state index in [1.165, 1.54) is 0 Å². The Kier molecular flexibility index (Phi) is 30.0. The van der Waals surface area contributed by atoms with Gasteiger partial charge in [-0.2, -0.15) is 0 Å². The molecule has 0 aliphatic carbocycles. The van der Waals surface area contributed by atoms with Gasteiger partial charge in [-0.1, -0.05) is 0 Å². The van der Waals surface area contributed by atoms with Crippen molar-refractivity contribution < 1.29 is 127 Å². The van der Waals surface area contributed by atoms with Crippen molar-refractivity contribution in [2.24, 2.45) is 5.73 Å². The average molecular weight is 782 g/mol. The fourth-order valence-corrected chi connectivity index (χ4v) is 3.64. The lowest BCUT2D eigenvalue weighted by molar-refractivity contribution is -0.264. The summed E-state index contributed by atoms with van der Waals surface area (Å²) >= 11 is 0. The van der Waals surface area contributed by atoms with Crippen LogP contribution in [0.1, 0.15) is 0 Å². The number of aliphatic hydroxyl groups is 21. The SMILES string of the molecule is NCC(=O)O.O=CC(O)C(O)C(O)C(O)CO.OCC(O)C(O)C(O)C(O)C(O)C1O[C@H](CO)[C@@H](O)[C@H](O)[C@H]1O.OCC(O)C(O)C(O)C(O)CO. The van der Waals surface area contributed by atoms with Crippen molar-refractivity contribution in [3.05, 3.63) is 0 Å². The number of carboxylic acid groups (broad SMARTS) is 1. The molecule has 0 radical (unpaired) electrons. The van der Waals surface area contributed by atoms with Crippen LogP contribution in [0.15, 0.2) is 0 Å². The van der Waals surface area contributed by atoms with E-state index in [2.05, 4.69) is 5.73 Å². The lowest BCUT2D eigenvalue weighted by atomic mass is 9.88. The average Bonchev–Trinajstić information content (AvgIpc) is 3.16. The highest BCUT2D eigenvalue weighted by molar-refractivity contribution is 5.68. The van der Waals surface area contributed by atoms with Crippen LogP contribution in [0.5, 0.6) is 0 Å². The van der Waals surface area contributed by atoms with Gasteiger partial charge in [-0.15, -0.1) is 0 Å². The van der Waals surface area contributed by atoms with Gasteiger partial charge in [0.1, 0.15) is 110 Å². The van der Waals surface area contributed by atoms with Gasteiger partial charge < -0.3 is 128 Å². The van der Waals surface area contributed by atoms with Crippen LogP contribution < -0.4 is 5.73 Å². The van der Waals surface area contributed by atoms with Crippen LogP contribution in [0.3, 0.4) is 0 Å². The molecule has 0 aromatic rings. The Morgan fingerprint density at radius 1 is 0.558 bits per heavy atom. The molecule has 1 heterocycles.